The Bertz CT molecular complexity index is 495. The predicted molar refractivity (Wildman–Crippen MR) is 80.8 cm³/mol. The molecule has 0 spiro atoms. The van der Waals surface area contributed by atoms with E-state index >= 15 is 0 Å². The molecule has 2 aliphatic carbocycles. The van der Waals surface area contributed by atoms with Gasteiger partial charge in [-0.05, 0) is 47.6 Å². The molecule has 0 N–H and O–H groups in total. The van der Waals surface area contributed by atoms with Gasteiger partial charge in [0.25, 0.3) is 0 Å². The Morgan fingerprint density at radius 1 is 1.11 bits per heavy atom. The SMILES string of the molecule is CCCc1ccccc1C1[C]C2C=CC=CC2C1C. The number of fused-ring (bicyclic) bond motifs is 1. The Morgan fingerprint density at radius 2 is 1.89 bits per heavy atom. The van der Waals surface area contributed by atoms with Crippen molar-refractivity contribution in [3.8, 4) is 0 Å². The molecule has 1 aromatic carbocycles. The maximum absolute atomic E-state index is 3.82. The van der Waals surface area contributed by atoms with E-state index in [1.165, 1.54) is 24.0 Å². The highest BCUT2D eigenvalue weighted by molar-refractivity contribution is 5.37. The van der Waals surface area contributed by atoms with Gasteiger partial charge >= 0.3 is 0 Å². The third kappa shape index (κ3) is 2.29. The van der Waals surface area contributed by atoms with Crippen molar-refractivity contribution in [1.29, 1.82) is 0 Å². The third-order valence-electron chi connectivity index (χ3n) is 4.59. The van der Waals surface area contributed by atoms with Crippen LogP contribution in [0.2, 0.25) is 0 Å². The van der Waals surface area contributed by atoms with Crippen LogP contribution in [0.3, 0.4) is 0 Å². The highest BCUT2D eigenvalue weighted by Gasteiger charge is 2.40. The molecule has 4 unspecified atom stereocenters. The number of benzene rings is 1. The molecule has 1 aromatic rings. The molecule has 0 heteroatoms. The summed E-state index contributed by atoms with van der Waals surface area (Å²) in [6.45, 7) is 4.64. The predicted octanol–water partition coefficient (Wildman–Crippen LogP) is 4.81. The smallest absolute Gasteiger partial charge is 0.000879 e. The molecule has 0 nitrogen and oxygen atoms in total. The van der Waals surface area contributed by atoms with Gasteiger partial charge in [-0.25, -0.2) is 0 Å². The molecule has 4 atom stereocenters. The first-order valence-electron chi connectivity index (χ1n) is 7.50. The lowest BCUT2D eigenvalue weighted by Crippen LogP contribution is -2.13. The van der Waals surface area contributed by atoms with Gasteiger partial charge in [0, 0.05) is 0 Å². The number of aryl methyl sites for hydroxylation is 1. The van der Waals surface area contributed by atoms with Gasteiger partial charge in [0.2, 0.25) is 0 Å². The standard InChI is InChI=1S/C19H22/c1-3-8-15-9-4-7-12-18(15)19-13-16-10-5-6-11-17(16)14(19)2/h4-7,9-12,14,16-17,19H,3,8H2,1-2H3. The van der Waals surface area contributed by atoms with Gasteiger partial charge in [-0.15, -0.1) is 0 Å². The molecule has 19 heavy (non-hydrogen) atoms. The Labute approximate surface area is 117 Å². The summed E-state index contributed by atoms with van der Waals surface area (Å²) in [5.41, 5.74) is 3.02. The van der Waals surface area contributed by atoms with E-state index in [0.717, 1.165) is 0 Å². The molecule has 0 bridgehead atoms. The van der Waals surface area contributed by atoms with E-state index < -0.39 is 0 Å². The van der Waals surface area contributed by atoms with Crippen molar-refractivity contribution >= 4 is 0 Å². The van der Waals surface area contributed by atoms with Gasteiger partial charge in [-0.3, -0.25) is 0 Å². The quantitative estimate of drug-likeness (QED) is 0.722. The second-order valence-corrected chi connectivity index (χ2v) is 5.83. The first-order chi connectivity index (χ1) is 9.31. The molecule has 0 aliphatic heterocycles. The Balaban J connectivity index is 1.91. The highest BCUT2D eigenvalue weighted by Crippen LogP contribution is 2.49. The highest BCUT2D eigenvalue weighted by atomic mass is 14.4. The lowest BCUT2D eigenvalue weighted by atomic mass is 9.82. The zero-order valence-corrected chi connectivity index (χ0v) is 11.8. The van der Waals surface area contributed by atoms with E-state index in [-0.39, 0.29) is 0 Å². The van der Waals surface area contributed by atoms with Crippen molar-refractivity contribution in [2.45, 2.75) is 32.6 Å². The molecule has 1 fully saturated rings. The summed E-state index contributed by atoms with van der Waals surface area (Å²) >= 11 is 0. The van der Waals surface area contributed by atoms with Crippen LogP contribution in [-0.4, -0.2) is 0 Å². The van der Waals surface area contributed by atoms with E-state index in [4.69, 9.17) is 0 Å². The van der Waals surface area contributed by atoms with Gasteiger partial charge in [0.15, 0.2) is 0 Å². The zero-order chi connectivity index (χ0) is 13.2. The summed E-state index contributed by atoms with van der Waals surface area (Å²) in [5, 5.41) is 0. The normalized spacial score (nSPS) is 32.5. The number of hydrogen-bond acceptors (Lipinski definition) is 0. The fourth-order valence-electron chi connectivity index (χ4n) is 3.58. The van der Waals surface area contributed by atoms with Gasteiger partial charge in [0.05, 0.1) is 0 Å². The van der Waals surface area contributed by atoms with Crippen molar-refractivity contribution in [1.82, 2.24) is 0 Å². The molecule has 1 saturated carbocycles. The number of hydrogen-bond donors (Lipinski definition) is 0. The van der Waals surface area contributed by atoms with Crippen molar-refractivity contribution in [2.24, 2.45) is 17.8 Å². The summed E-state index contributed by atoms with van der Waals surface area (Å²) in [6.07, 6.45) is 15.3. The summed E-state index contributed by atoms with van der Waals surface area (Å²) < 4.78 is 0. The molecule has 0 saturated heterocycles. The molecule has 3 rings (SSSR count). The minimum atomic E-state index is 0.491. The summed E-state index contributed by atoms with van der Waals surface area (Å²) in [5.74, 6) is 2.30. The van der Waals surface area contributed by atoms with Crippen molar-refractivity contribution in [3.05, 3.63) is 66.1 Å². The maximum Gasteiger partial charge on any atom is -0.000879 e. The fourth-order valence-corrected chi connectivity index (χ4v) is 3.58. The van der Waals surface area contributed by atoms with E-state index in [1.807, 2.05) is 0 Å². The number of allylic oxidation sites excluding steroid dienone is 4. The molecule has 98 valence electrons. The second-order valence-electron chi connectivity index (χ2n) is 5.83. The molecule has 2 radical (unpaired) electrons. The van der Waals surface area contributed by atoms with E-state index in [0.29, 0.717) is 23.7 Å². The molecule has 0 heterocycles. The zero-order valence-electron chi connectivity index (χ0n) is 11.8. The van der Waals surface area contributed by atoms with E-state index in [9.17, 15) is 0 Å². The molecule has 0 amide bonds. The minimum absolute atomic E-state index is 0.491. The first kappa shape index (κ1) is 12.7. The van der Waals surface area contributed by atoms with Crippen LogP contribution < -0.4 is 0 Å². The van der Waals surface area contributed by atoms with E-state index in [1.54, 1.807) is 0 Å². The van der Waals surface area contributed by atoms with Crippen LogP contribution in [0.15, 0.2) is 48.6 Å². The monoisotopic (exact) mass is 250 g/mol. The van der Waals surface area contributed by atoms with E-state index in [2.05, 4.69) is 68.8 Å². The molecule has 2 aliphatic rings. The van der Waals surface area contributed by atoms with Crippen LogP contribution in [0.25, 0.3) is 0 Å². The van der Waals surface area contributed by atoms with Crippen LogP contribution in [0.5, 0.6) is 0 Å². The minimum Gasteiger partial charge on any atom is -0.0805 e. The largest absolute Gasteiger partial charge is 0.0805 e. The fraction of sp³-hybridized carbons (Fsp3) is 0.421. The van der Waals surface area contributed by atoms with Crippen LogP contribution in [0.1, 0.15) is 37.3 Å². The summed E-state index contributed by atoms with van der Waals surface area (Å²) in [6, 6.07) is 8.95. The Morgan fingerprint density at radius 3 is 2.68 bits per heavy atom. The molecular weight excluding hydrogens is 228 g/mol. The molecule has 0 aromatic heterocycles. The van der Waals surface area contributed by atoms with Gasteiger partial charge in [0.1, 0.15) is 0 Å². The van der Waals surface area contributed by atoms with Crippen LogP contribution >= 0.6 is 0 Å². The van der Waals surface area contributed by atoms with Gasteiger partial charge in [-0.2, -0.15) is 0 Å². The Kier molecular flexibility index (Phi) is 3.59. The lowest BCUT2D eigenvalue weighted by Gasteiger charge is -2.22. The van der Waals surface area contributed by atoms with Crippen molar-refractivity contribution in [3.63, 3.8) is 0 Å². The van der Waals surface area contributed by atoms with Gasteiger partial charge in [-0.1, -0.05) is 68.8 Å². The van der Waals surface area contributed by atoms with Crippen LogP contribution in [0.4, 0.5) is 0 Å². The van der Waals surface area contributed by atoms with Crippen LogP contribution in [0, 0.1) is 24.2 Å². The average Bonchev–Trinajstić information content (AvgIpc) is 2.78. The maximum atomic E-state index is 3.82. The topological polar surface area (TPSA) is 0 Å². The van der Waals surface area contributed by atoms with Crippen molar-refractivity contribution < 1.29 is 0 Å². The Hall–Kier alpha value is -1.30. The molecular formula is C19H22. The first-order valence-corrected chi connectivity index (χ1v) is 7.50. The average molecular weight is 250 g/mol. The lowest BCUT2D eigenvalue weighted by molar-refractivity contribution is 0.429. The summed E-state index contributed by atoms with van der Waals surface area (Å²) in [7, 11) is 0. The number of rotatable bonds is 3. The van der Waals surface area contributed by atoms with Gasteiger partial charge < -0.3 is 0 Å². The second kappa shape index (κ2) is 5.36. The van der Waals surface area contributed by atoms with Crippen molar-refractivity contribution in [2.75, 3.05) is 0 Å². The van der Waals surface area contributed by atoms with Crippen LogP contribution in [-0.2, 0) is 6.42 Å². The summed E-state index contributed by atoms with van der Waals surface area (Å²) in [4.78, 5) is 0. The third-order valence-corrected chi connectivity index (χ3v) is 4.59.